The lowest BCUT2D eigenvalue weighted by atomic mass is 9.99. The summed E-state index contributed by atoms with van der Waals surface area (Å²) in [7, 11) is -1.56. The Morgan fingerprint density at radius 1 is 1.25 bits per heavy atom. The van der Waals surface area contributed by atoms with Gasteiger partial charge in [-0.3, -0.25) is 4.79 Å². The maximum Gasteiger partial charge on any atom is 0.224 e. The van der Waals surface area contributed by atoms with Crippen molar-refractivity contribution in [1.82, 2.24) is 14.9 Å². The minimum Gasteiger partial charge on any atom is -0.355 e. The van der Waals surface area contributed by atoms with Crippen LogP contribution in [-0.2, 0) is 20.6 Å². The zero-order valence-electron chi connectivity index (χ0n) is 13.9. The molecule has 1 fully saturated rings. The van der Waals surface area contributed by atoms with Crippen LogP contribution in [0.25, 0.3) is 0 Å². The van der Waals surface area contributed by atoms with Gasteiger partial charge in [-0.2, -0.15) is 0 Å². The van der Waals surface area contributed by atoms with Gasteiger partial charge in [0.15, 0.2) is 0 Å². The molecule has 1 aliphatic heterocycles. The van der Waals surface area contributed by atoms with Crippen molar-refractivity contribution in [3.8, 4) is 0 Å². The van der Waals surface area contributed by atoms with Gasteiger partial charge in [0.2, 0.25) is 15.9 Å². The summed E-state index contributed by atoms with van der Waals surface area (Å²) in [5.74, 6) is -0.326. The van der Waals surface area contributed by atoms with Gasteiger partial charge < -0.3 is 10.6 Å². The van der Waals surface area contributed by atoms with E-state index < -0.39 is 10.0 Å². The lowest BCUT2D eigenvalue weighted by Crippen LogP contribution is -2.46. The number of nitrogens with one attached hydrogen (secondary N) is 2. The summed E-state index contributed by atoms with van der Waals surface area (Å²) in [4.78, 5) is 12.1. The number of carbonyl (C=O) groups excluding carboxylic acids is 1. The minimum absolute atomic E-state index is 0. The number of amides is 1. The molecule has 24 heavy (non-hydrogen) atoms. The zero-order chi connectivity index (χ0) is 16.7. The number of nitrogens with zero attached hydrogens (tertiary/aromatic N) is 1. The van der Waals surface area contributed by atoms with E-state index in [4.69, 9.17) is 0 Å². The number of piperidine rings is 1. The third-order valence-corrected chi connectivity index (χ3v) is 5.83. The number of carbonyl (C=O) groups is 1. The monoisotopic (exact) mass is 375 g/mol. The molecule has 2 rings (SSSR count). The van der Waals surface area contributed by atoms with Crippen LogP contribution in [0.15, 0.2) is 30.3 Å². The van der Waals surface area contributed by atoms with Gasteiger partial charge in [-0.15, -0.1) is 12.4 Å². The van der Waals surface area contributed by atoms with E-state index in [1.807, 2.05) is 37.4 Å². The molecular weight excluding hydrogens is 350 g/mol. The second-order valence-electron chi connectivity index (χ2n) is 5.83. The molecule has 8 heteroatoms. The van der Waals surface area contributed by atoms with Crippen molar-refractivity contribution in [1.29, 1.82) is 0 Å². The van der Waals surface area contributed by atoms with E-state index in [0.717, 1.165) is 18.4 Å². The van der Waals surface area contributed by atoms with Gasteiger partial charge in [-0.25, -0.2) is 12.7 Å². The summed E-state index contributed by atoms with van der Waals surface area (Å²) in [6.07, 6.45) is 1.46. The Morgan fingerprint density at radius 3 is 2.62 bits per heavy atom. The molecule has 0 saturated carbocycles. The molecule has 1 unspecified atom stereocenters. The molecule has 0 spiro atoms. The van der Waals surface area contributed by atoms with Crippen LogP contribution in [-0.4, -0.2) is 51.9 Å². The fourth-order valence-corrected chi connectivity index (χ4v) is 4.35. The molecule has 1 aromatic rings. The molecule has 0 aliphatic carbocycles. The lowest BCUT2D eigenvalue weighted by Gasteiger charge is -2.31. The van der Waals surface area contributed by atoms with Gasteiger partial charge in [-0.05, 0) is 25.5 Å². The van der Waals surface area contributed by atoms with Crippen molar-refractivity contribution in [2.24, 2.45) is 5.92 Å². The summed E-state index contributed by atoms with van der Waals surface area (Å²) >= 11 is 0. The highest BCUT2D eigenvalue weighted by Gasteiger charge is 2.32. The molecule has 0 aromatic heterocycles. The second kappa shape index (κ2) is 9.98. The first-order valence-corrected chi connectivity index (χ1v) is 9.58. The molecule has 1 amide bonds. The average Bonchev–Trinajstić information content (AvgIpc) is 2.55. The quantitative estimate of drug-likeness (QED) is 0.696. The van der Waals surface area contributed by atoms with Gasteiger partial charge in [0.1, 0.15) is 0 Å². The zero-order valence-corrected chi connectivity index (χ0v) is 15.5. The first-order chi connectivity index (χ1) is 11.0. The minimum atomic E-state index is -3.39. The molecule has 1 atom stereocenters. The van der Waals surface area contributed by atoms with Crippen LogP contribution in [0.3, 0.4) is 0 Å². The average molecular weight is 376 g/mol. The van der Waals surface area contributed by atoms with Crippen molar-refractivity contribution in [3.05, 3.63) is 35.9 Å². The topological polar surface area (TPSA) is 78.5 Å². The second-order valence-corrected chi connectivity index (χ2v) is 7.80. The molecule has 136 valence electrons. The number of hydrogen-bond donors (Lipinski definition) is 2. The highest BCUT2D eigenvalue weighted by atomic mass is 35.5. The van der Waals surface area contributed by atoms with Gasteiger partial charge >= 0.3 is 0 Å². The Kier molecular flexibility index (Phi) is 8.69. The Bertz CT molecular complexity index is 610. The summed E-state index contributed by atoms with van der Waals surface area (Å²) in [5, 5.41) is 5.82. The third-order valence-electron chi connectivity index (χ3n) is 4.01. The Hall–Kier alpha value is -1.15. The molecule has 0 radical (unpaired) electrons. The van der Waals surface area contributed by atoms with Gasteiger partial charge in [0.05, 0.1) is 11.7 Å². The number of benzene rings is 1. The molecule has 1 aliphatic rings. The first-order valence-electron chi connectivity index (χ1n) is 7.97. The van der Waals surface area contributed by atoms with Crippen molar-refractivity contribution < 1.29 is 13.2 Å². The molecule has 1 heterocycles. The number of likely N-dealkylation sites (N-methyl/N-ethyl adjacent to an activating group) is 1. The van der Waals surface area contributed by atoms with Crippen LogP contribution >= 0.6 is 12.4 Å². The van der Waals surface area contributed by atoms with Crippen molar-refractivity contribution >= 4 is 28.3 Å². The number of rotatable bonds is 7. The van der Waals surface area contributed by atoms with Gasteiger partial charge in [-0.1, -0.05) is 30.3 Å². The van der Waals surface area contributed by atoms with Crippen molar-refractivity contribution in [2.45, 2.75) is 18.6 Å². The maximum atomic E-state index is 12.6. The van der Waals surface area contributed by atoms with E-state index in [-0.39, 0.29) is 36.5 Å². The van der Waals surface area contributed by atoms with E-state index in [9.17, 15) is 13.2 Å². The molecule has 1 saturated heterocycles. The van der Waals surface area contributed by atoms with Crippen molar-refractivity contribution in [3.63, 3.8) is 0 Å². The first kappa shape index (κ1) is 20.9. The third kappa shape index (κ3) is 6.05. The highest BCUT2D eigenvalue weighted by molar-refractivity contribution is 7.88. The van der Waals surface area contributed by atoms with Crippen LogP contribution < -0.4 is 10.6 Å². The summed E-state index contributed by atoms with van der Waals surface area (Å²) in [6, 6.07) is 9.15. The molecule has 1 aromatic carbocycles. The number of halogens is 1. The van der Waals surface area contributed by atoms with Gasteiger partial charge in [0, 0.05) is 26.2 Å². The maximum absolute atomic E-state index is 12.6. The number of hydrogen-bond acceptors (Lipinski definition) is 4. The van der Waals surface area contributed by atoms with Crippen LogP contribution in [0.4, 0.5) is 0 Å². The Labute approximate surface area is 150 Å². The van der Waals surface area contributed by atoms with E-state index in [2.05, 4.69) is 10.6 Å². The van der Waals surface area contributed by atoms with Crippen LogP contribution in [0.1, 0.15) is 18.4 Å². The summed E-state index contributed by atoms with van der Waals surface area (Å²) in [6.45, 7) is 2.03. The fraction of sp³-hybridized carbons (Fsp3) is 0.562. The molecule has 2 N–H and O–H groups in total. The summed E-state index contributed by atoms with van der Waals surface area (Å²) in [5.41, 5.74) is 0.771. The van der Waals surface area contributed by atoms with E-state index in [1.54, 1.807) is 0 Å². The normalized spacial score (nSPS) is 18.6. The Balaban J connectivity index is 0.00000288. The lowest BCUT2D eigenvalue weighted by molar-refractivity contribution is -0.126. The molecule has 0 bridgehead atoms. The molecule has 6 nitrogen and oxygen atoms in total. The number of sulfonamides is 1. The van der Waals surface area contributed by atoms with Crippen LogP contribution in [0, 0.1) is 5.92 Å². The SMILES string of the molecule is CNCCNC(=O)C1CCCN(S(=O)(=O)Cc2ccccc2)C1.Cl. The largest absolute Gasteiger partial charge is 0.355 e. The van der Waals surface area contributed by atoms with Crippen molar-refractivity contribution in [2.75, 3.05) is 33.2 Å². The van der Waals surface area contributed by atoms with E-state index >= 15 is 0 Å². The van der Waals surface area contributed by atoms with E-state index in [0.29, 0.717) is 19.6 Å². The van der Waals surface area contributed by atoms with Crippen LogP contribution in [0.2, 0.25) is 0 Å². The Morgan fingerprint density at radius 2 is 1.96 bits per heavy atom. The molecular formula is C16H26ClN3O3S. The standard InChI is InChI=1S/C16H25N3O3S.ClH/c1-17-9-10-18-16(20)15-8-5-11-19(12-15)23(21,22)13-14-6-3-2-4-7-14;/h2-4,6-7,15,17H,5,8-13H2,1H3,(H,18,20);1H. The van der Waals surface area contributed by atoms with Crippen LogP contribution in [0.5, 0.6) is 0 Å². The predicted molar refractivity (Wildman–Crippen MR) is 97.5 cm³/mol. The van der Waals surface area contributed by atoms with Gasteiger partial charge in [0.25, 0.3) is 0 Å². The predicted octanol–water partition coefficient (Wildman–Crippen LogP) is 0.986. The smallest absolute Gasteiger partial charge is 0.224 e. The highest BCUT2D eigenvalue weighted by Crippen LogP contribution is 2.21. The van der Waals surface area contributed by atoms with E-state index in [1.165, 1.54) is 4.31 Å². The summed E-state index contributed by atoms with van der Waals surface area (Å²) < 4.78 is 26.6. The fourth-order valence-electron chi connectivity index (χ4n) is 2.74.